The first-order valence-corrected chi connectivity index (χ1v) is 6.58. The van der Waals surface area contributed by atoms with Crippen LogP contribution in [0, 0.1) is 5.92 Å². The van der Waals surface area contributed by atoms with Crippen LogP contribution in [0.1, 0.15) is 32.9 Å². The highest BCUT2D eigenvalue weighted by molar-refractivity contribution is 5.19. The largest absolute Gasteiger partial charge is 0.489 e. The Morgan fingerprint density at radius 2 is 2.17 bits per heavy atom. The summed E-state index contributed by atoms with van der Waals surface area (Å²) in [6.45, 7) is 8.37. The Kier molecular flexibility index (Phi) is 6.68. The Bertz CT molecular complexity index is 325. The van der Waals surface area contributed by atoms with Gasteiger partial charge in [0.1, 0.15) is 12.4 Å². The number of hydrogen-bond donors (Lipinski definition) is 2. The average molecular weight is 252 g/mol. The van der Waals surface area contributed by atoms with Gasteiger partial charge in [0.25, 0.3) is 0 Å². The van der Waals surface area contributed by atoms with Crippen LogP contribution < -0.4 is 10.1 Å². The first kappa shape index (κ1) is 14.9. The second-order valence-electron chi connectivity index (χ2n) is 4.88. The summed E-state index contributed by atoms with van der Waals surface area (Å²) in [5.41, 5.74) is 0.999. The number of ether oxygens (including phenoxy) is 1. The molecule has 1 atom stereocenters. The van der Waals surface area contributed by atoms with E-state index < -0.39 is 6.10 Å². The van der Waals surface area contributed by atoms with E-state index in [0.717, 1.165) is 18.8 Å². The number of rotatable bonds is 8. The molecule has 1 heterocycles. The van der Waals surface area contributed by atoms with E-state index >= 15 is 0 Å². The minimum atomic E-state index is -0.405. The van der Waals surface area contributed by atoms with Gasteiger partial charge in [-0.3, -0.25) is 4.98 Å². The predicted molar refractivity (Wildman–Crippen MR) is 72.6 cm³/mol. The van der Waals surface area contributed by atoms with Crippen LogP contribution in [0.5, 0.6) is 5.75 Å². The lowest BCUT2D eigenvalue weighted by molar-refractivity contribution is 0.104. The van der Waals surface area contributed by atoms with Crippen LogP contribution in [-0.4, -0.2) is 29.3 Å². The third kappa shape index (κ3) is 5.98. The van der Waals surface area contributed by atoms with Crippen LogP contribution in [0.25, 0.3) is 0 Å². The minimum absolute atomic E-state index is 0.323. The van der Waals surface area contributed by atoms with Gasteiger partial charge in [-0.15, -0.1) is 0 Å². The monoisotopic (exact) mass is 252 g/mol. The van der Waals surface area contributed by atoms with E-state index in [9.17, 15) is 5.11 Å². The van der Waals surface area contributed by atoms with Gasteiger partial charge in [0.05, 0.1) is 18.0 Å². The van der Waals surface area contributed by atoms with E-state index in [1.54, 1.807) is 6.20 Å². The van der Waals surface area contributed by atoms with Crippen molar-refractivity contribution in [2.24, 2.45) is 5.92 Å². The Labute approximate surface area is 109 Å². The average Bonchev–Trinajstić information content (AvgIpc) is 2.37. The van der Waals surface area contributed by atoms with Crippen LogP contribution in [-0.2, 0) is 6.54 Å². The summed E-state index contributed by atoms with van der Waals surface area (Å²) in [4.78, 5) is 4.31. The van der Waals surface area contributed by atoms with Crippen LogP contribution in [0.4, 0.5) is 0 Å². The smallest absolute Gasteiger partial charge is 0.137 e. The van der Waals surface area contributed by atoms with Crippen LogP contribution in [0.2, 0.25) is 0 Å². The molecule has 1 aromatic rings. The van der Waals surface area contributed by atoms with Crippen molar-refractivity contribution in [1.82, 2.24) is 10.3 Å². The van der Waals surface area contributed by atoms with Crippen molar-refractivity contribution in [3.8, 4) is 5.75 Å². The van der Waals surface area contributed by atoms with Crippen molar-refractivity contribution in [1.29, 1.82) is 0 Å². The molecule has 0 aliphatic rings. The zero-order chi connectivity index (χ0) is 13.4. The molecule has 1 unspecified atom stereocenters. The van der Waals surface area contributed by atoms with Crippen molar-refractivity contribution in [2.75, 3.05) is 13.2 Å². The van der Waals surface area contributed by atoms with Gasteiger partial charge >= 0.3 is 0 Å². The highest BCUT2D eigenvalue weighted by atomic mass is 16.5. The molecule has 2 N–H and O–H groups in total. The Morgan fingerprint density at radius 3 is 2.72 bits per heavy atom. The summed E-state index contributed by atoms with van der Waals surface area (Å²) in [7, 11) is 0. The molecule has 0 radical (unpaired) electrons. The molecule has 18 heavy (non-hydrogen) atoms. The molecule has 0 spiro atoms. The first-order chi connectivity index (χ1) is 8.61. The van der Waals surface area contributed by atoms with Gasteiger partial charge in [-0.25, -0.2) is 0 Å². The molecule has 0 aliphatic carbocycles. The van der Waals surface area contributed by atoms with E-state index in [4.69, 9.17) is 4.74 Å². The number of aromatic nitrogens is 1. The van der Waals surface area contributed by atoms with E-state index in [2.05, 4.69) is 24.1 Å². The van der Waals surface area contributed by atoms with Crippen molar-refractivity contribution >= 4 is 0 Å². The molecular formula is C14H24N2O2. The molecule has 4 nitrogen and oxygen atoms in total. The number of nitrogens with zero attached hydrogens (tertiary/aromatic N) is 1. The maximum Gasteiger partial charge on any atom is 0.137 e. The summed E-state index contributed by atoms with van der Waals surface area (Å²) in [6, 6.07) is 3.84. The number of hydrogen-bond acceptors (Lipinski definition) is 4. The number of pyridine rings is 1. The molecule has 0 saturated carbocycles. The molecular weight excluding hydrogens is 228 g/mol. The Morgan fingerprint density at radius 1 is 1.39 bits per heavy atom. The van der Waals surface area contributed by atoms with E-state index in [0.29, 0.717) is 24.7 Å². The lowest BCUT2D eigenvalue weighted by atomic mass is 10.2. The second kappa shape index (κ2) is 8.06. The highest BCUT2D eigenvalue weighted by Gasteiger charge is 2.02. The van der Waals surface area contributed by atoms with Crippen molar-refractivity contribution in [3.05, 3.63) is 24.0 Å². The van der Waals surface area contributed by atoms with E-state index in [1.165, 1.54) is 0 Å². The Balaban J connectivity index is 2.33. The third-order valence-corrected chi connectivity index (χ3v) is 2.57. The van der Waals surface area contributed by atoms with Crippen LogP contribution in [0.3, 0.4) is 0 Å². The lowest BCUT2D eigenvalue weighted by Gasteiger charge is -2.10. The number of aliphatic hydroxyl groups is 1. The van der Waals surface area contributed by atoms with Crippen LogP contribution in [0.15, 0.2) is 18.3 Å². The van der Waals surface area contributed by atoms with Crippen molar-refractivity contribution < 1.29 is 9.84 Å². The number of nitrogens with one attached hydrogen (secondary N) is 1. The second-order valence-corrected chi connectivity index (χ2v) is 4.88. The fraction of sp³-hybridized carbons (Fsp3) is 0.643. The SMILES string of the molecule is CCC(O)COc1ccc(CNCC(C)C)nc1. The molecule has 1 rings (SSSR count). The maximum atomic E-state index is 9.39. The highest BCUT2D eigenvalue weighted by Crippen LogP contribution is 2.10. The van der Waals surface area contributed by atoms with Crippen molar-refractivity contribution in [3.63, 3.8) is 0 Å². The zero-order valence-electron chi connectivity index (χ0n) is 11.5. The molecule has 0 fully saturated rings. The lowest BCUT2D eigenvalue weighted by Crippen LogP contribution is -2.19. The Hall–Kier alpha value is -1.13. The number of aliphatic hydroxyl groups excluding tert-OH is 1. The standard InChI is InChI=1S/C14H24N2O2/c1-4-13(17)10-18-14-6-5-12(16-9-14)8-15-7-11(2)3/h5-6,9,11,13,15,17H,4,7-8,10H2,1-3H3. The van der Waals surface area contributed by atoms with E-state index in [1.807, 2.05) is 19.1 Å². The fourth-order valence-corrected chi connectivity index (χ4v) is 1.40. The van der Waals surface area contributed by atoms with Gasteiger partial charge in [-0.05, 0) is 31.0 Å². The summed E-state index contributed by atoms with van der Waals surface area (Å²) < 4.78 is 5.42. The summed E-state index contributed by atoms with van der Waals surface area (Å²) in [6.07, 6.45) is 2.00. The molecule has 1 aromatic heterocycles. The van der Waals surface area contributed by atoms with Gasteiger partial charge in [-0.1, -0.05) is 20.8 Å². The molecule has 0 aromatic carbocycles. The minimum Gasteiger partial charge on any atom is -0.489 e. The van der Waals surface area contributed by atoms with Crippen molar-refractivity contribution in [2.45, 2.75) is 39.8 Å². The predicted octanol–water partition coefficient (Wildman–Crippen LogP) is 1.98. The molecule has 0 bridgehead atoms. The van der Waals surface area contributed by atoms with Gasteiger partial charge in [0.15, 0.2) is 0 Å². The van der Waals surface area contributed by atoms with Gasteiger partial charge < -0.3 is 15.2 Å². The maximum absolute atomic E-state index is 9.39. The third-order valence-electron chi connectivity index (χ3n) is 2.57. The summed E-state index contributed by atoms with van der Waals surface area (Å²) in [5, 5.41) is 12.7. The van der Waals surface area contributed by atoms with Crippen LogP contribution >= 0.6 is 0 Å². The molecule has 102 valence electrons. The molecule has 0 saturated heterocycles. The van der Waals surface area contributed by atoms with E-state index in [-0.39, 0.29) is 0 Å². The first-order valence-electron chi connectivity index (χ1n) is 6.58. The molecule has 0 amide bonds. The normalized spacial score (nSPS) is 12.7. The molecule has 4 heteroatoms. The summed E-state index contributed by atoms with van der Waals surface area (Å²) >= 11 is 0. The van der Waals surface area contributed by atoms with Gasteiger partial charge in [0.2, 0.25) is 0 Å². The fourth-order valence-electron chi connectivity index (χ4n) is 1.40. The molecule has 0 aliphatic heterocycles. The quantitative estimate of drug-likeness (QED) is 0.743. The topological polar surface area (TPSA) is 54.4 Å². The summed E-state index contributed by atoms with van der Waals surface area (Å²) in [5.74, 6) is 1.35. The van der Waals surface area contributed by atoms with Gasteiger partial charge in [0, 0.05) is 6.54 Å². The van der Waals surface area contributed by atoms with Gasteiger partial charge in [-0.2, -0.15) is 0 Å². The zero-order valence-corrected chi connectivity index (χ0v) is 11.5.